The fourth-order valence-electron chi connectivity index (χ4n) is 1.88. The van der Waals surface area contributed by atoms with E-state index in [0.29, 0.717) is 19.7 Å². The number of hydrogen-bond acceptors (Lipinski definition) is 3. The summed E-state index contributed by atoms with van der Waals surface area (Å²) in [6, 6.07) is 14.9. The summed E-state index contributed by atoms with van der Waals surface area (Å²) in [5, 5.41) is 5.54. The van der Waals surface area contributed by atoms with E-state index in [-0.39, 0.29) is 6.03 Å². The number of ether oxygens (including phenoxy) is 2. The van der Waals surface area contributed by atoms with E-state index >= 15 is 0 Å². The average molecular weight is 379 g/mol. The second-order valence-electron chi connectivity index (χ2n) is 4.74. The van der Waals surface area contributed by atoms with E-state index in [1.54, 1.807) is 7.11 Å². The molecule has 0 bridgehead atoms. The molecule has 0 aliphatic carbocycles. The number of rotatable bonds is 7. The van der Waals surface area contributed by atoms with Crippen LogP contribution in [0.15, 0.2) is 53.0 Å². The zero-order valence-corrected chi connectivity index (χ0v) is 14.4. The van der Waals surface area contributed by atoms with Crippen molar-refractivity contribution in [3.05, 3.63) is 58.6 Å². The van der Waals surface area contributed by atoms with Gasteiger partial charge < -0.3 is 20.1 Å². The number of halogens is 1. The number of hydrogen-bond donors (Lipinski definition) is 2. The Morgan fingerprint density at radius 3 is 2.52 bits per heavy atom. The zero-order chi connectivity index (χ0) is 16.5. The second kappa shape index (κ2) is 9.05. The van der Waals surface area contributed by atoms with Crippen LogP contribution >= 0.6 is 15.9 Å². The Kier molecular flexibility index (Phi) is 6.75. The standard InChI is InChI=1S/C17H19BrN2O3/c1-22-14-8-6-13(7-9-14)12-20-17(21)19-10-11-23-16-5-3-2-4-15(16)18/h2-9H,10-12H2,1H3,(H2,19,20,21). The molecule has 0 heterocycles. The minimum absolute atomic E-state index is 0.225. The molecule has 6 heteroatoms. The highest BCUT2D eigenvalue weighted by molar-refractivity contribution is 9.10. The van der Waals surface area contributed by atoms with Crippen LogP contribution in [0.4, 0.5) is 4.79 Å². The first-order valence-corrected chi connectivity index (χ1v) is 8.00. The fourth-order valence-corrected chi connectivity index (χ4v) is 2.27. The average Bonchev–Trinajstić information content (AvgIpc) is 2.59. The van der Waals surface area contributed by atoms with Crippen LogP contribution in [0.5, 0.6) is 11.5 Å². The van der Waals surface area contributed by atoms with Gasteiger partial charge in [0.1, 0.15) is 18.1 Å². The highest BCUT2D eigenvalue weighted by atomic mass is 79.9. The molecule has 0 radical (unpaired) electrons. The number of urea groups is 1. The smallest absolute Gasteiger partial charge is 0.315 e. The van der Waals surface area contributed by atoms with E-state index in [2.05, 4.69) is 26.6 Å². The lowest BCUT2D eigenvalue weighted by molar-refractivity contribution is 0.236. The first-order valence-electron chi connectivity index (χ1n) is 7.21. The number of methoxy groups -OCH3 is 1. The molecule has 0 spiro atoms. The van der Waals surface area contributed by atoms with Gasteiger partial charge in [0, 0.05) is 6.54 Å². The molecule has 2 rings (SSSR count). The molecule has 0 saturated carbocycles. The molecule has 0 aromatic heterocycles. The summed E-state index contributed by atoms with van der Waals surface area (Å²) < 4.78 is 11.6. The van der Waals surface area contributed by atoms with Gasteiger partial charge >= 0.3 is 6.03 Å². The zero-order valence-electron chi connectivity index (χ0n) is 12.8. The highest BCUT2D eigenvalue weighted by Gasteiger charge is 2.02. The lowest BCUT2D eigenvalue weighted by atomic mass is 10.2. The Labute approximate surface area is 144 Å². The first-order chi connectivity index (χ1) is 11.2. The Morgan fingerprint density at radius 2 is 1.83 bits per heavy atom. The van der Waals surface area contributed by atoms with Gasteiger partial charge in [-0.2, -0.15) is 0 Å². The van der Waals surface area contributed by atoms with Crippen molar-refractivity contribution >= 4 is 22.0 Å². The van der Waals surface area contributed by atoms with E-state index in [9.17, 15) is 4.79 Å². The molecular formula is C17H19BrN2O3. The molecule has 0 unspecified atom stereocenters. The SMILES string of the molecule is COc1ccc(CNC(=O)NCCOc2ccccc2Br)cc1. The summed E-state index contributed by atoms with van der Waals surface area (Å²) in [6.07, 6.45) is 0. The lowest BCUT2D eigenvalue weighted by Crippen LogP contribution is -2.37. The monoisotopic (exact) mass is 378 g/mol. The van der Waals surface area contributed by atoms with Crippen LogP contribution in [0.1, 0.15) is 5.56 Å². The van der Waals surface area contributed by atoms with Crippen molar-refractivity contribution in [2.75, 3.05) is 20.3 Å². The summed E-state index contributed by atoms with van der Waals surface area (Å²) in [4.78, 5) is 11.7. The third-order valence-corrected chi connectivity index (χ3v) is 3.75. The Balaban J connectivity index is 1.64. The quantitative estimate of drug-likeness (QED) is 0.726. The van der Waals surface area contributed by atoms with Crippen molar-refractivity contribution in [3.8, 4) is 11.5 Å². The van der Waals surface area contributed by atoms with E-state index in [1.807, 2.05) is 48.5 Å². The number of para-hydroxylation sites is 1. The van der Waals surface area contributed by atoms with Crippen molar-refractivity contribution in [1.82, 2.24) is 10.6 Å². The molecule has 2 N–H and O–H groups in total. The normalized spacial score (nSPS) is 10.0. The molecule has 2 aromatic rings. The minimum atomic E-state index is -0.225. The van der Waals surface area contributed by atoms with E-state index < -0.39 is 0 Å². The van der Waals surface area contributed by atoms with Crippen molar-refractivity contribution < 1.29 is 14.3 Å². The first kappa shape index (κ1) is 17.1. The molecule has 0 aliphatic heterocycles. The Bertz CT molecular complexity index is 632. The predicted molar refractivity (Wildman–Crippen MR) is 92.9 cm³/mol. The maximum atomic E-state index is 11.7. The maximum Gasteiger partial charge on any atom is 0.315 e. The van der Waals surface area contributed by atoms with Crippen molar-refractivity contribution in [2.45, 2.75) is 6.54 Å². The van der Waals surface area contributed by atoms with Gasteiger partial charge in [-0.15, -0.1) is 0 Å². The number of carbonyl (C=O) groups excluding carboxylic acids is 1. The van der Waals surface area contributed by atoms with Crippen LogP contribution < -0.4 is 20.1 Å². The lowest BCUT2D eigenvalue weighted by Gasteiger charge is -2.10. The van der Waals surface area contributed by atoms with Gasteiger partial charge in [-0.1, -0.05) is 24.3 Å². The molecule has 0 atom stereocenters. The van der Waals surface area contributed by atoms with Gasteiger partial charge in [-0.05, 0) is 45.8 Å². The molecule has 23 heavy (non-hydrogen) atoms. The summed E-state index contributed by atoms with van der Waals surface area (Å²) >= 11 is 3.40. The third kappa shape index (κ3) is 5.83. The van der Waals surface area contributed by atoms with Gasteiger partial charge in [-0.25, -0.2) is 4.79 Å². The van der Waals surface area contributed by atoms with Gasteiger partial charge in [-0.3, -0.25) is 0 Å². The molecule has 122 valence electrons. The second-order valence-corrected chi connectivity index (χ2v) is 5.59. The molecular weight excluding hydrogens is 360 g/mol. The summed E-state index contributed by atoms with van der Waals surface area (Å²) in [5.74, 6) is 1.55. The molecule has 5 nitrogen and oxygen atoms in total. The van der Waals surface area contributed by atoms with E-state index in [1.165, 1.54) is 0 Å². The van der Waals surface area contributed by atoms with Crippen molar-refractivity contribution in [2.24, 2.45) is 0 Å². The summed E-state index contributed by atoms with van der Waals surface area (Å²) in [5.41, 5.74) is 1.01. The number of nitrogens with one attached hydrogen (secondary N) is 2. The van der Waals surface area contributed by atoms with Crippen LogP contribution in [0, 0.1) is 0 Å². The molecule has 0 fully saturated rings. The topological polar surface area (TPSA) is 59.6 Å². The number of amides is 2. The molecule has 0 aliphatic rings. The van der Waals surface area contributed by atoms with Crippen molar-refractivity contribution in [1.29, 1.82) is 0 Å². The minimum Gasteiger partial charge on any atom is -0.497 e. The highest BCUT2D eigenvalue weighted by Crippen LogP contribution is 2.23. The largest absolute Gasteiger partial charge is 0.497 e. The van der Waals surface area contributed by atoms with E-state index in [0.717, 1.165) is 21.5 Å². The molecule has 2 amide bonds. The van der Waals surface area contributed by atoms with Crippen LogP contribution in [0.25, 0.3) is 0 Å². The van der Waals surface area contributed by atoms with Gasteiger partial charge in [0.15, 0.2) is 0 Å². The Morgan fingerprint density at radius 1 is 1.09 bits per heavy atom. The van der Waals surface area contributed by atoms with Crippen LogP contribution in [0.2, 0.25) is 0 Å². The Hall–Kier alpha value is -2.21. The van der Waals surface area contributed by atoms with Crippen molar-refractivity contribution in [3.63, 3.8) is 0 Å². The van der Waals surface area contributed by atoms with Gasteiger partial charge in [0.25, 0.3) is 0 Å². The van der Waals surface area contributed by atoms with E-state index in [4.69, 9.17) is 9.47 Å². The van der Waals surface area contributed by atoms with Crippen LogP contribution in [-0.4, -0.2) is 26.3 Å². The predicted octanol–water partition coefficient (Wildman–Crippen LogP) is 3.34. The maximum absolute atomic E-state index is 11.7. The van der Waals surface area contributed by atoms with Crippen LogP contribution in [0.3, 0.4) is 0 Å². The summed E-state index contributed by atoms with van der Waals surface area (Å²) in [7, 11) is 1.62. The number of carbonyl (C=O) groups is 1. The summed E-state index contributed by atoms with van der Waals surface area (Å²) in [6.45, 7) is 1.29. The number of benzene rings is 2. The van der Waals surface area contributed by atoms with Gasteiger partial charge in [0.2, 0.25) is 0 Å². The van der Waals surface area contributed by atoms with Gasteiger partial charge in [0.05, 0.1) is 18.1 Å². The fraction of sp³-hybridized carbons (Fsp3) is 0.235. The third-order valence-electron chi connectivity index (χ3n) is 3.09. The van der Waals surface area contributed by atoms with Crippen LogP contribution in [-0.2, 0) is 6.54 Å². The molecule has 0 saturated heterocycles. The molecule has 2 aromatic carbocycles.